The van der Waals surface area contributed by atoms with Crippen LogP contribution in [0, 0.1) is 11.7 Å². The Hall–Kier alpha value is -2.03. The van der Waals surface area contributed by atoms with Gasteiger partial charge in [0.25, 0.3) is 0 Å². The molecule has 1 unspecified atom stereocenters. The van der Waals surface area contributed by atoms with Crippen LogP contribution in [0.4, 0.5) is 4.39 Å². The molecular weight excluding hydrogens is 255 g/mol. The van der Waals surface area contributed by atoms with Gasteiger partial charge in [0, 0.05) is 0 Å². The maximum Gasteiger partial charge on any atom is 0.165 e. The van der Waals surface area contributed by atoms with Crippen LogP contribution in [0.25, 0.3) is 0 Å². The molecule has 0 radical (unpaired) electrons. The summed E-state index contributed by atoms with van der Waals surface area (Å²) >= 11 is 0. The summed E-state index contributed by atoms with van der Waals surface area (Å²) in [6.45, 7) is 2.11. The van der Waals surface area contributed by atoms with Crippen molar-refractivity contribution in [1.82, 2.24) is 0 Å². The first-order valence-corrected chi connectivity index (χ1v) is 6.83. The molecule has 0 saturated heterocycles. The van der Waals surface area contributed by atoms with Crippen molar-refractivity contribution in [3.8, 4) is 11.5 Å². The maximum absolute atomic E-state index is 13.3. The minimum absolute atomic E-state index is 0.266. The van der Waals surface area contributed by atoms with E-state index in [9.17, 15) is 14.6 Å². The number of hydrogen-bond donors (Lipinski definition) is 2. The monoisotopic (exact) mass is 274 g/mol. The molecule has 0 fully saturated rings. The minimum Gasteiger partial charge on any atom is -0.508 e. The third-order valence-electron chi connectivity index (χ3n) is 3.57. The van der Waals surface area contributed by atoms with Crippen LogP contribution < -0.4 is 0 Å². The SMILES string of the molecule is CCC(Cc1ccc(O)cc1)Cc1ccc(O)c(F)c1. The number of phenols is 2. The van der Waals surface area contributed by atoms with Gasteiger partial charge >= 0.3 is 0 Å². The van der Waals surface area contributed by atoms with Crippen LogP contribution in [0.2, 0.25) is 0 Å². The summed E-state index contributed by atoms with van der Waals surface area (Å²) in [6.07, 6.45) is 2.65. The average Bonchev–Trinajstić information content (AvgIpc) is 2.44. The molecule has 0 spiro atoms. The van der Waals surface area contributed by atoms with Crippen LogP contribution in [-0.4, -0.2) is 10.2 Å². The van der Waals surface area contributed by atoms with Crippen molar-refractivity contribution in [2.45, 2.75) is 26.2 Å². The van der Waals surface area contributed by atoms with E-state index < -0.39 is 5.82 Å². The quantitative estimate of drug-likeness (QED) is 0.863. The van der Waals surface area contributed by atoms with E-state index in [-0.39, 0.29) is 11.5 Å². The average molecular weight is 274 g/mol. The van der Waals surface area contributed by atoms with Crippen LogP contribution in [0.15, 0.2) is 42.5 Å². The Morgan fingerprint density at radius 3 is 2.15 bits per heavy atom. The number of rotatable bonds is 5. The first-order valence-electron chi connectivity index (χ1n) is 6.83. The van der Waals surface area contributed by atoms with Gasteiger partial charge in [-0.1, -0.05) is 31.5 Å². The molecule has 0 amide bonds. The second-order valence-electron chi connectivity index (χ2n) is 5.13. The Morgan fingerprint density at radius 1 is 0.950 bits per heavy atom. The number of halogens is 1. The first kappa shape index (κ1) is 14.4. The Morgan fingerprint density at radius 2 is 1.55 bits per heavy atom. The molecule has 20 heavy (non-hydrogen) atoms. The number of hydrogen-bond acceptors (Lipinski definition) is 2. The summed E-state index contributed by atoms with van der Waals surface area (Å²) < 4.78 is 13.3. The zero-order chi connectivity index (χ0) is 14.5. The van der Waals surface area contributed by atoms with Crippen molar-refractivity contribution < 1.29 is 14.6 Å². The lowest BCUT2D eigenvalue weighted by molar-refractivity contribution is 0.430. The van der Waals surface area contributed by atoms with E-state index in [2.05, 4.69) is 6.92 Å². The van der Waals surface area contributed by atoms with E-state index in [1.807, 2.05) is 12.1 Å². The summed E-state index contributed by atoms with van der Waals surface area (Å²) in [5.41, 5.74) is 2.06. The first-order chi connectivity index (χ1) is 9.58. The molecule has 0 aliphatic rings. The lowest BCUT2D eigenvalue weighted by atomic mass is 9.90. The van der Waals surface area contributed by atoms with Gasteiger partial charge in [0.05, 0.1) is 0 Å². The Bertz CT molecular complexity index is 564. The second kappa shape index (κ2) is 6.42. The third-order valence-corrected chi connectivity index (χ3v) is 3.57. The predicted octanol–water partition coefficient (Wildman–Crippen LogP) is 4.05. The van der Waals surface area contributed by atoms with Crippen molar-refractivity contribution >= 4 is 0 Å². The summed E-state index contributed by atoms with van der Waals surface area (Å²) in [5, 5.41) is 18.5. The molecule has 0 saturated carbocycles. The molecule has 2 N–H and O–H groups in total. The number of aromatic hydroxyl groups is 2. The zero-order valence-electron chi connectivity index (χ0n) is 11.5. The molecule has 2 aromatic carbocycles. The van der Waals surface area contributed by atoms with Crippen LogP contribution in [0.3, 0.4) is 0 Å². The largest absolute Gasteiger partial charge is 0.508 e. The number of benzene rings is 2. The highest BCUT2D eigenvalue weighted by Gasteiger charge is 2.10. The van der Waals surface area contributed by atoms with Gasteiger partial charge in [0.1, 0.15) is 5.75 Å². The van der Waals surface area contributed by atoms with Gasteiger partial charge in [0.2, 0.25) is 0 Å². The predicted molar refractivity (Wildman–Crippen MR) is 77.4 cm³/mol. The van der Waals surface area contributed by atoms with Gasteiger partial charge in [-0.2, -0.15) is 0 Å². The normalized spacial score (nSPS) is 12.3. The van der Waals surface area contributed by atoms with Crippen LogP contribution in [0.1, 0.15) is 24.5 Å². The fourth-order valence-electron chi connectivity index (χ4n) is 2.34. The van der Waals surface area contributed by atoms with Crippen molar-refractivity contribution in [1.29, 1.82) is 0 Å². The van der Waals surface area contributed by atoms with E-state index >= 15 is 0 Å². The molecule has 0 heterocycles. The van der Waals surface area contributed by atoms with Crippen molar-refractivity contribution in [3.05, 3.63) is 59.4 Å². The van der Waals surface area contributed by atoms with Crippen molar-refractivity contribution in [2.75, 3.05) is 0 Å². The highest BCUT2D eigenvalue weighted by molar-refractivity contribution is 5.29. The van der Waals surface area contributed by atoms with Gasteiger partial charge in [-0.3, -0.25) is 0 Å². The molecule has 1 atom stereocenters. The molecular formula is C17H19FO2. The molecule has 2 nitrogen and oxygen atoms in total. The van der Waals surface area contributed by atoms with E-state index in [1.54, 1.807) is 18.2 Å². The zero-order valence-corrected chi connectivity index (χ0v) is 11.5. The molecule has 2 aromatic rings. The van der Waals surface area contributed by atoms with Gasteiger partial charge in [-0.25, -0.2) is 4.39 Å². The molecule has 0 aliphatic heterocycles. The summed E-state index contributed by atoms with van der Waals surface area (Å²) in [5.74, 6) is -0.201. The Balaban J connectivity index is 2.04. The van der Waals surface area contributed by atoms with Gasteiger partial charge in [0.15, 0.2) is 11.6 Å². The lowest BCUT2D eigenvalue weighted by Crippen LogP contribution is -2.07. The minimum atomic E-state index is -0.568. The highest BCUT2D eigenvalue weighted by Crippen LogP contribution is 2.22. The second-order valence-corrected chi connectivity index (χ2v) is 5.13. The van der Waals surface area contributed by atoms with Crippen LogP contribution in [-0.2, 0) is 12.8 Å². The van der Waals surface area contributed by atoms with E-state index in [0.29, 0.717) is 5.92 Å². The third kappa shape index (κ3) is 3.73. The van der Waals surface area contributed by atoms with Crippen molar-refractivity contribution in [3.63, 3.8) is 0 Å². The molecule has 3 heteroatoms. The van der Waals surface area contributed by atoms with E-state index in [1.165, 1.54) is 12.1 Å². The summed E-state index contributed by atoms with van der Waals surface area (Å²) in [6, 6.07) is 11.8. The van der Waals surface area contributed by atoms with E-state index in [4.69, 9.17) is 0 Å². The van der Waals surface area contributed by atoms with Crippen molar-refractivity contribution in [2.24, 2.45) is 5.92 Å². The standard InChI is InChI=1S/C17H19FO2/c1-2-12(9-13-3-6-15(19)7-4-13)10-14-5-8-17(20)16(18)11-14/h3-8,11-12,19-20H,2,9-10H2,1H3. The van der Waals surface area contributed by atoms with Crippen LogP contribution in [0.5, 0.6) is 11.5 Å². The topological polar surface area (TPSA) is 40.5 Å². The Kier molecular flexibility index (Phi) is 4.61. The Labute approximate surface area is 118 Å². The molecule has 0 aromatic heterocycles. The molecule has 106 valence electrons. The highest BCUT2D eigenvalue weighted by atomic mass is 19.1. The van der Waals surface area contributed by atoms with Gasteiger partial charge in [-0.15, -0.1) is 0 Å². The smallest absolute Gasteiger partial charge is 0.165 e. The lowest BCUT2D eigenvalue weighted by Gasteiger charge is -2.15. The fourth-order valence-corrected chi connectivity index (χ4v) is 2.34. The molecule has 0 aliphatic carbocycles. The fraction of sp³-hybridized carbons (Fsp3) is 0.294. The maximum atomic E-state index is 13.3. The molecule has 0 bridgehead atoms. The summed E-state index contributed by atoms with van der Waals surface area (Å²) in [7, 11) is 0. The van der Waals surface area contributed by atoms with Crippen LogP contribution >= 0.6 is 0 Å². The van der Waals surface area contributed by atoms with Gasteiger partial charge < -0.3 is 10.2 Å². The number of phenolic OH excluding ortho intramolecular Hbond substituents is 2. The summed E-state index contributed by atoms with van der Waals surface area (Å²) in [4.78, 5) is 0. The van der Waals surface area contributed by atoms with Gasteiger partial charge in [-0.05, 0) is 54.2 Å². The van der Waals surface area contributed by atoms with E-state index in [0.717, 1.165) is 30.4 Å². The molecule has 2 rings (SSSR count).